The number of sulfonamides is 1. The second-order valence-corrected chi connectivity index (χ2v) is 8.69. The van der Waals surface area contributed by atoms with E-state index in [-0.39, 0.29) is 24.6 Å². The second kappa shape index (κ2) is 8.49. The molecule has 0 spiro atoms. The van der Waals surface area contributed by atoms with Crippen LogP contribution in [0, 0.1) is 10.1 Å². The Kier molecular flexibility index (Phi) is 6.01. The van der Waals surface area contributed by atoms with Crippen molar-refractivity contribution >= 4 is 33.3 Å². The molecule has 0 radical (unpaired) electrons. The lowest BCUT2D eigenvalue weighted by molar-refractivity contribution is -0.384. The Bertz CT molecular complexity index is 1080. The molecule has 1 saturated heterocycles. The van der Waals surface area contributed by atoms with Gasteiger partial charge >= 0.3 is 6.03 Å². The zero-order chi connectivity index (χ0) is 21.9. The number of non-ortho nitro benzene ring substituents is 1. The fourth-order valence-corrected chi connectivity index (χ4v) is 3.72. The molecule has 0 aliphatic carbocycles. The number of hydrogen-bond acceptors (Lipinski definition) is 6. The van der Waals surface area contributed by atoms with Crippen LogP contribution >= 0.6 is 0 Å². The number of nitrogens with zero attached hydrogens (tertiary/aromatic N) is 2. The van der Waals surface area contributed by atoms with Gasteiger partial charge in [-0.15, -0.1) is 0 Å². The van der Waals surface area contributed by atoms with Gasteiger partial charge in [0.05, 0.1) is 11.2 Å². The number of anilines is 1. The third kappa shape index (κ3) is 5.32. The topological polar surface area (TPSA) is 139 Å². The van der Waals surface area contributed by atoms with Crippen molar-refractivity contribution in [3.05, 3.63) is 69.8 Å². The number of nitro groups is 1. The van der Waals surface area contributed by atoms with E-state index in [1.807, 2.05) is 0 Å². The molecule has 1 heterocycles. The first-order chi connectivity index (χ1) is 14.1. The normalized spacial score (nSPS) is 16.4. The lowest BCUT2D eigenvalue weighted by Gasteiger charge is -2.13. The molecule has 1 aliphatic rings. The third-order valence-electron chi connectivity index (χ3n) is 4.55. The summed E-state index contributed by atoms with van der Waals surface area (Å²) in [6.45, 7) is 0.147. The van der Waals surface area contributed by atoms with E-state index in [4.69, 9.17) is 0 Å². The van der Waals surface area contributed by atoms with Crippen molar-refractivity contribution in [2.75, 3.05) is 17.5 Å². The quantitative estimate of drug-likeness (QED) is 0.370. The van der Waals surface area contributed by atoms with Gasteiger partial charge in [-0.3, -0.25) is 24.5 Å². The number of carbonyl (C=O) groups is 2. The van der Waals surface area contributed by atoms with Crippen LogP contribution in [0.5, 0.6) is 0 Å². The van der Waals surface area contributed by atoms with Crippen molar-refractivity contribution in [3.8, 4) is 0 Å². The number of carbonyl (C=O) groups excluding carboxylic acids is 2. The van der Waals surface area contributed by atoms with E-state index in [1.54, 1.807) is 36.4 Å². The molecule has 158 valence electrons. The predicted molar refractivity (Wildman–Crippen MR) is 109 cm³/mol. The summed E-state index contributed by atoms with van der Waals surface area (Å²) >= 11 is 0. The Hall–Kier alpha value is -3.47. The number of hydrogen-bond donors (Lipinski definition) is 2. The van der Waals surface area contributed by atoms with Crippen LogP contribution in [-0.2, 0) is 27.7 Å². The fourth-order valence-electron chi connectivity index (χ4n) is 3.16. The van der Waals surface area contributed by atoms with Crippen LogP contribution < -0.4 is 10.0 Å². The average molecular weight is 432 g/mol. The molecule has 0 saturated carbocycles. The van der Waals surface area contributed by atoms with Crippen molar-refractivity contribution in [2.45, 2.75) is 18.9 Å². The highest BCUT2D eigenvalue weighted by Gasteiger charge is 2.37. The summed E-state index contributed by atoms with van der Waals surface area (Å²) in [4.78, 5) is 36.2. The largest absolute Gasteiger partial charge is 0.325 e. The maximum absolute atomic E-state index is 12.6. The second-order valence-electron chi connectivity index (χ2n) is 6.94. The molecule has 0 bridgehead atoms. The molecule has 2 N–H and O–H groups in total. The van der Waals surface area contributed by atoms with Gasteiger partial charge in [-0.25, -0.2) is 13.2 Å². The van der Waals surface area contributed by atoms with Crippen molar-refractivity contribution in [2.24, 2.45) is 0 Å². The van der Waals surface area contributed by atoms with Gasteiger partial charge in [0.25, 0.3) is 11.6 Å². The van der Waals surface area contributed by atoms with E-state index in [0.717, 1.165) is 16.7 Å². The Morgan fingerprint density at radius 3 is 2.47 bits per heavy atom. The number of nitro benzene ring substituents is 1. The lowest BCUT2D eigenvalue weighted by atomic mass is 10.1. The molecule has 1 aliphatic heterocycles. The fraction of sp³-hybridized carbons (Fsp3) is 0.263. The summed E-state index contributed by atoms with van der Waals surface area (Å²) in [7, 11) is -3.42. The molecular weight excluding hydrogens is 412 g/mol. The first kappa shape index (κ1) is 21.2. The Labute approximate surface area is 173 Å². The molecule has 3 rings (SSSR count). The number of nitrogens with one attached hydrogen (secondary N) is 2. The Morgan fingerprint density at radius 2 is 1.83 bits per heavy atom. The van der Waals surface area contributed by atoms with Gasteiger partial charge < -0.3 is 5.32 Å². The molecule has 2 aromatic rings. The van der Waals surface area contributed by atoms with Crippen LogP contribution in [0.15, 0.2) is 48.5 Å². The monoisotopic (exact) mass is 432 g/mol. The molecule has 3 amide bonds. The molecule has 10 nitrogen and oxygen atoms in total. The Balaban J connectivity index is 1.62. The highest BCUT2D eigenvalue weighted by Crippen LogP contribution is 2.18. The standard InChI is InChI=1S/C19H20N4O6S/c1-30(28,29)21-15-4-2-3-14(11-15)12-17-18(24)22(19(25)20-17)10-9-13-5-7-16(8-6-13)23(26)27/h2-8,11,17,21H,9-10,12H2,1H3,(H,20,25). The van der Waals surface area contributed by atoms with Gasteiger partial charge in [0.15, 0.2) is 0 Å². The van der Waals surface area contributed by atoms with E-state index < -0.39 is 27.0 Å². The zero-order valence-corrected chi connectivity index (χ0v) is 16.9. The van der Waals surface area contributed by atoms with Crippen molar-refractivity contribution in [1.29, 1.82) is 0 Å². The van der Waals surface area contributed by atoms with Gasteiger partial charge in [0.2, 0.25) is 10.0 Å². The molecule has 11 heteroatoms. The Morgan fingerprint density at radius 1 is 1.13 bits per heavy atom. The highest BCUT2D eigenvalue weighted by atomic mass is 32.2. The minimum absolute atomic E-state index is 0.0265. The molecule has 1 atom stereocenters. The summed E-state index contributed by atoms with van der Waals surface area (Å²) in [5.41, 5.74) is 1.81. The summed E-state index contributed by atoms with van der Waals surface area (Å²) in [5.74, 6) is -0.372. The van der Waals surface area contributed by atoms with E-state index in [1.165, 1.54) is 12.1 Å². The minimum atomic E-state index is -3.42. The van der Waals surface area contributed by atoms with E-state index in [0.29, 0.717) is 17.7 Å². The van der Waals surface area contributed by atoms with E-state index >= 15 is 0 Å². The van der Waals surface area contributed by atoms with Gasteiger partial charge in [-0.2, -0.15) is 0 Å². The summed E-state index contributed by atoms with van der Waals surface area (Å²) < 4.78 is 25.1. The molecule has 0 aromatic heterocycles. The summed E-state index contributed by atoms with van der Waals surface area (Å²) in [6.07, 6.45) is 1.64. The van der Waals surface area contributed by atoms with Crippen molar-refractivity contribution in [3.63, 3.8) is 0 Å². The maximum atomic E-state index is 12.6. The van der Waals surface area contributed by atoms with Crippen LogP contribution in [0.1, 0.15) is 11.1 Å². The van der Waals surface area contributed by atoms with Crippen LogP contribution in [0.3, 0.4) is 0 Å². The van der Waals surface area contributed by atoms with Crippen LogP contribution in [0.25, 0.3) is 0 Å². The maximum Gasteiger partial charge on any atom is 0.324 e. The first-order valence-corrected chi connectivity index (χ1v) is 10.9. The number of benzene rings is 2. The molecule has 2 aromatic carbocycles. The van der Waals surface area contributed by atoms with Gasteiger partial charge in [-0.1, -0.05) is 24.3 Å². The number of rotatable bonds is 8. The molecule has 1 fully saturated rings. The average Bonchev–Trinajstić information content (AvgIpc) is 2.92. The third-order valence-corrected chi connectivity index (χ3v) is 5.15. The number of urea groups is 1. The van der Waals surface area contributed by atoms with Gasteiger partial charge in [-0.05, 0) is 29.7 Å². The smallest absolute Gasteiger partial charge is 0.324 e. The number of imide groups is 1. The van der Waals surface area contributed by atoms with E-state index in [2.05, 4.69) is 10.0 Å². The van der Waals surface area contributed by atoms with Crippen molar-refractivity contribution < 1.29 is 22.9 Å². The zero-order valence-electron chi connectivity index (χ0n) is 16.1. The highest BCUT2D eigenvalue weighted by molar-refractivity contribution is 7.92. The van der Waals surface area contributed by atoms with Gasteiger partial charge in [0.1, 0.15) is 6.04 Å². The SMILES string of the molecule is CS(=O)(=O)Nc1cccc(CC2NC(=O)N(CCc3ccc([N+](=O)[O-])cc3)C2=O)c1. The van der Waals surface area contributed by atoms with Crippen LogP contribution in [-0.4, -0.2) is 49.0 Å². The summed E-state index contributed by atoms with van der Waals surface area (Å²) in [5, 5.41) is 13.3. The summed E-state index contributed by atoms with van der Waals surface area (Å²) in [6, 6.07) is 11.3. The van der Waals surface area contributed by atoms with Gasteiger partial charge in [0, 0.05) is 30.8 Å². The van der Waals surface area contributed by atoms with Crippen molar-refractivity contribution in [1.82, 2.24) is 10.2 Å². The lowest BCUT2D eigenvalue weighted by Crippen LogP contribution is -2.33. The minimum Gasteiger partial charge on any atom is -0.325 e. The molecule has 1 unspecified atom stereocenters. The van der Waals surface area contributed by atoms with Crippen LogP contribution in [0.2, 0.25) is 0 Å². The van der Waals surface area contributed by atoms with E-state index in [9.17, 15) is 28.1 Å². The molecular formula is C19H20N4O6S. The first-order valence-electron chi connectivity index (χ1n) is 9.04. The number of amides is 3. The van der Waals surface area contributed by atoms with Crippen LogP contribution in [0.4, 0.5) is 16.2 Å². The predicted octanol–water partition coefficient (Wildman–Crippen LogP) is 1.67. The molecule has 30 heavy (non-hydrogen) atoms.